The highest BCUT2D eigenvalue weighted by atomic mass is 32.2. The molecule has 1 aromatic rings. The lowest BCUT2D eigenvalue weighted by Gasteiger charge is -2.24. The first-order valence-corrected chi connectivity index (χ1v) is 12.5. The van der Waals surface area contributed by atoms with Crippen molar-refractivity contribution in [2.45, 2.75) is 56.7 Å². The van der Waals surface area contributed by atoms with Crippen molar-refractivity contribution in [3.05, 3.63) is 29.8 Å². The van der Waals surface area contributed by atoms with Crippen LogP contribution >= 0.6 is 11.8 Å². The predicted octanol–water partition coefficient (Wildman–Crippen LogP) is 3.57. The molecule has 0 unspecified atom stereocenters. The summed E-state index contributed by atoms with van der Waals surface area (Å²) >= 11 is 1.45. The first-order chi connectivity index (χ1) is 12.9. The maximum Gasteiger partial charge on any atom is 0.248 e. The van der Waals surface area contributed by atoms with Crippen molar-refractivity contribution in [2.75, 3.05) is 16.4 Å². The minimum atomic E-state index is -3.03. The second-order valence-corrected chi connectivity index (χ2v) is 11.3. The summed E-state index contributed by atoms with van der Waals surface area (Å²) in [6.07, 6.45) is 6.44. The summed E-state index contributed by atoms with van der Waals surface area (Å²) in [4.78, 5) is 18.9. The van der Waals surface area contributed by atoms with Gasteiger partial charge < -0.3 is 4.90 Å². The third kappa shape index (κ3) is 4.24. The van der Waals surface area contributed by atoms with Crippen LogP contribution in [0.1, 0.15) is 44.1 Å². The Kier molecular flexibility index (Phi) is 5.34. The molecule has 2 saturated heterocycles. The third-order valence-electron chi connectivity index (χ3n) is 5.84. The molecule has 0 aromatic heterocycles. The number of fused-ring (bicyclic) bond motifs is 1. The minimum absolute atomic E-state index is 0.0438. The van der Waals surface area contributed by atoms with Gasteiger partial charge in [0.15, 0.2) is 15.0 Å². The number of carbonyl (C=O) groups excluding carboxylic acids is 1. The van der Waals surface area contributed by atoms with Gasteiger partial charge >= 0.3 is 0 Å². The van der Waals surface area contributed by atoms with Gasteiger partial charge in [0, 0.05) is 17.4 Å². The van der Waals surface area contributed by atoms with Gasteiger partial charge in [-0.25, -0.2) is 8.42 Å². The van der Waals surface area contributed by atoms with Crippen LogP contribution < -0.4 is 4.90 Å². The highest BCUT2D eigenvalue weighted by molar-refractivity contribution is 8.16. The standard InChI is InChI=1S/C20H26N2O3S2/c1-14-6-9-16(10-7-14)22-17-12-27(24,25)13-18(17)26-20(22)21-19(23)11-8-15-4-2-3-5-15/h6-7,9-10,15,17-18H,2-5,8,11-13H2,1H3/t17-,18+/m0/s1. The molecule has 0 bridgehead atoms. The zero-order valence-corrected chi connectivity index (χ0v) is 17.3. The van der Waals surface area contributed by atoms with E-state index in [1.165, 1.54) is 37.4 Å². The second-order valence-electron chi connectivity index (χ2n) is 7.98. The molecule has 1 amide bonds. The summed E-state index contributed by atoms with van der Waals surface area (Å²) in [5.74, 6) is 0.890. The highest BCUT2D eigenvalue weighted by Gasteiger charge is 2.49. The molecule has 0 spiro atoms. The van der Waals surface area contributed by atoms with Crippen molar-refractivity contribution in [2.24, 2.45) is 10.9 Å². The fourth-order valence-corrected chi connectivity index (χ4v) is 8.29. The number of carbonyl (C=O) groups is 1. The summed E-state index contributed by atoms with van der Waals surface area (Å²) in [7, 11) is -3.03. The van der Waals surface area contributed by atoms with E-state index >= 15 is 0 Å². The van der Waals surface area contributed by atoms with Gasteiger partial charge in [0.2, 0.25) is 5.91 Å². The Morgan fingerprint density at radius 3 is 2.59 bits per heavy atom. The molecule has 0 N–H and O–H groups in total. The lowest BCUT2D eigenvalue weighted by molar-refractivity contribution is -0.118. The molecule has 2 aliphatic heterocycles. The van der Waals surface area contributed by atoms with E-state index in [0.717, 1.165) is 17.7 Å². The van der Waals surface area contributed by atoms with Crippen LogP contribution in [0.5, 0.6) is 0 Å². The van der Waals surface area contributed by atoms with Crippen molar-refractivity contribution < 1.29 is 13.2 Å². The number of hydrogen-bond donors (Lipinski definition) is 0. The number of benzene rings is 1. The van der Waals surface area contributed by atoms with E-state index in [1.807, 2.05) is 36.1 Å². The molecule has 1 aliphatic carbocycles. The van der Waals surface area contributed by atoms with Gasteiger partial charge in [-0.15, -0.1) is 0 Å². The average Bonchev–Trinajstić information content (AvgIpc) is 3.29. The number of aliphatic imine (C=N–C) groups is 1. The quantitative estimate of drug-likeness (QED) is 0.765. The molecule has 146 valence electrons. The maximum atomic E-state index is 12.5. The Morgan fingerprint density at radius 2 is 1.89 bits per heavy atom. The normalized spacial score (nSPS) is 28.8. The molecular formula is C20H26N2O3S2. The number of thioether (sulfide) groups is 1. The summed E-state index contributed by atoms with van der Waals surface area (Å²) in [6, 6.07) is 7.86. The van der Waals surface area contributed by atoms with E-state index in [1.54, 1.807) is 0 Å². The number of amidine groups is 1. The molecule has 0 radical (unpaired) electrons. The first kappa shape index (κ1) is 19.0. The SMILES string of the molecule is Cc1ccc(N2C(=NC(=O)CCC3CCCC3)S[C@@H]3CS(=O)(=O)C[C@@H]32)cc1. The molecule has 3 aliphatic rings. The van der Waals surface area contributed by atoms with Crippen molar-refractivity contribution in [1.29, 1.82) is 0 Å². The Balaban J connectivity index is 1.54. The minimum Gasteiger partial charge on any atom is -0.316 e. The molecule has 2 atom stereocenters. The van der Waals surface area contributed by atoms with E-state index in [9.17, 15) is 13.2 Å². The molecule has 2 heterocycles. The number of amides is 1. The first-order valence-electron chi connectivity index (χ1n) is 9.76. The van der Waals surface area contributed by atoms with Gasteiger partial charge in [0.05, 0.1) is 17.5 Å². The molecule has 1 aromatic carbocycles. The monoisotopic (exact) mass is 406 g/mol. The zero-order chi connectivity index (χ0) is 19.0. The van der Waals surface area contributed by atoms with Crippen molar-refractivity contribution in [3.63, 3.8) is 0 Å². The molecule has 27 heavy (non-hydrogen) atoms. The Hall–Kier alpha value is -1.34. The smallest absolute Gasteiger partial charge is 0.248 e. The Morgan fingerprint density at radius 1 is 1.19 bits per heavy atom. The lowest BCUT2D eigenvalue weighted by atomic mass is 10.0. The second kappa shape index (κ2) is 7.59. The van der Waals surface area contributed by atoms with Gasteiger partial charge in [-0.2, -0.15) is 4.99 Å². The molecule has 3 fully saturated rings. The predicted molar refractivity (Wildman–Crippen MR) is 111 cm³/mol. The van der Waals surface area contributed by atoms with E-state index < -0.39 is 9.84 Å². The number of nitrogens with zero attached hydrogens (tertiary/aromatic N) is 2. The number of rotatable bonds is 4. The molecule has 1 saturated carbocycles. The fourth-order valence-electron chi connectivity index (χ4n) is 4.36. The number of aryl methyl sites for hydroxylation is 1. The van der Waals surface area contributed by atoms with Crippen LogP contribution in [0.15, 0.2) is 29.3 Å². The van der Waals surface area contributed by atoms with E-state index in [2.05, 4.69) is 4.99 Å². The summed E-state index contributed by atoms with van der Waals surface area (Å²) in [6.45, 7) is 2.02. The topological polar surface area (TPSA) is 66.8 Å². The van der Waals surface area contributed by atoms with Gasteiger partial charge in [0.25, 0.3) is 0 Å². The lowest BCUT2D eigenvalue weighted by Crippen LogP contribution is -2.37. The van der Waals surface area contributed by atoms with Crippen LogP contribution in [0.4, 0.5) is 5.69 Å². The van der Waals surface area contributed by atoms with Gasteiger partial charge in [0.1, 0.15) is 0 Å². The number of sulfone groups is 1. The molecule has 4 rings (SSSR count). The highest BCUT2D eigenvalue weighted by Crippen LogP contribution is 2.41. The zero-order valence-electron chi connectivity index (χ0n) is 15.6. The van der Waals surface area contributed by atoms with Crippen molar-refractivity contribution >= 4 is 38.4 Å². The van der Waals surface area contributed by atoms with Gasteiger partial charge in [-0.3, -0.25) is 4.79 Å². The van der Waals surface area contributed by atoms with Gasteiger partial charge in [-0.1, -0.05) is 55.1 Å². The van der Waals surface area contributed by atoms with E-state index in [4.69, 9.17) is 0 Å². The van der Waals surface area contributed by atoms with Crippen molar-refractivity contribution in [1.82, 2.24) is 0 Å². The molecule has 7 heteroatoms. The summed E-state index contributed by atoms with van der Waals surface area (Å²) < 4.78 is 24.2. The van der Waals surface area contributed by atoms with Gasteiger partial charge in [-0.05, 0) is 31.4 Å². The van der Waals surface area contributed by atoms with Crippen LogP contribution in [-0.4, -0.2) is 42.3 Å². The summed E-state index contributed by atoms with van der Waals surface area (Å²) in [5, 5.41) is 0.623. The maximum absolute atomic E-state index is 12.5. The van der Waals surface area contributed by atoms with Crippen LogP contribution in [0.25, 0.3) is 0 Å². The summed E-state index contributed by atoms with van der Waals surface area (Å²) in [5.41, 5.74) is 2.06. The molecular weight excluding hydrogens is 380 g/mol. The third-order valence-corrected chi connectivity index (χ3v) is 9.05. The van der Waals surface area contributed by atoms with E-state index in [0.29, 0.717) is 17.5 Å². The largest absolute Gasteiger partial charge is 0.316 e. The van der Waals surface area contributed by atoms with Crippen molar-refractivity contribution in [3.8, 4) is 0 Å². The Labute approximate surface area is 165 Å². The fraction of sp³-hybridized carbons (Fsp3) is 0.600. The van der Waals surface area contributed by atoms with Crippen LogP contribution in [0, 0.1) is 12.8 Å². The Bertz CT molecular complexity index is 842. The van der Waals surface area contributed by atoms with Crippen LogP contribution in [0.3, 0.4) is 0 Å². The van der Waals surface area contributed by atoms with E-state index in [-0.39, 0.29) is 28.7 Å². The van der Waals surface area contributed by atoms with Crippen LogP contribution in [0.2, 0.25) is 0 Å². The molecule has 5 nitrogen and oxygen atoms in total. The number of anilines is 1. The average molecular weight is 407 g/mol. The van der Waals surface area contributed by atoms with Crippen LogP contribution in [-0.2, 0) is 14.6 Å². The number of hydrogen-bond acceptors (Lipinski definition) is 4.